The summed E-state index contributed by atoms with van der Waals surface area (Å²) in [6.07, 6.45) is 1.03. The second-order valence-corrected chi connectivity index (χ2v) is 8.20. The Morgan fingerprint density at radius 3 is 2.54 bits per heavy atom. The van der Waals surface area contributed by atoms with Crippen molar-refractivity contribution < 1.29 is 13.2 Å². The molecular weight excluding hydrogens is 348 g/mol. The maximum Gasteiger partial charge on any atom is 0.217 e. The molecule has 5 nitrogen and oxygen atoms in total. The number of aryl methyl sites for hydroxylation is 1. The summed E-state index contributed by atoms with van der Waals surface area (Å²) in [5.41, 5.74) is 2.31. The van der Waals surface area contributed by atoms with Gasteiger partial charge in [-0.25, -0.2) is 8.42 Å². The van der Waals surface area contributed by atoms with Crippen molar-refractivity contribution in [2.45, 2.75) is 39.3 Å². The number of benzene rings is 1. The first kappa shape index (κ1) is 21.4. The molecule has 0 saturated carbocycles. The maximum atomic E-state index is 12.7. The van der Waals surface area contributed by atoms with Gasteiger partial charge in [0.1, 0.15) is 0 Å². The highest BCUT2D eigenvalue weighted by Gasteiger charge is 2.32. The van der Waals surface area contributed by atoms with Crippen molar-refractivity contribution in [2.75, 3.05) is 32.0 Å². The number of piperazine rings is 1. The van der Waals surface area contributed by atoms with Gasteiger partial charge < -0.3 is 10.1 Å². The molecule has 24 heavy (non-hydrogen) atoms. The predicted octanol–water partition coefficient (Wildman–Crippen LogP) is 2.37. The Bertz CT molecular complexity index is 590. The number of rotatable bonds is 7. The van der Waals surface area contributed by atoms with Gasteiger partial charge in [-0.2, -0.15) is 4.31 Å². The normalized spacial score (nSPS) is 19.2. The maximum absolute atomic E-state index is 12.7. The second-order valence-electron chi connectivity index (χ2n) is 6.16. The Labute approximate surface area is 152 Å². The summed E-state index contributed by atoms with van der Waals surface area (Å²) in [7, 11) is -3.32. The van der Waals surface area contributed by atoms with Gasteiger partial charge in [-0.1, -0.05) is 31.2 Å². The van der Waals surface area contributed by atoms with Crippen molar-refractivity contribution in [2.24, 2.45) is 0 Å². The first-order valence-corrected chi connectivity index (χ1v) is 9.95. The van der Waals surface area contributed by atoms with E-state index in [2.05, 4.69) is 24.4 Å². The highest BCUT2D eigenvalue weighted by molar-refractivity contribution is 7.89. The average Bonchev–Trinajstić information content (AvgIpc) is 2.54. The Hall–Kier alpha value is -0.660. The Kier molecular flexibility index (Phi) is 8.67. The van der Waals surface area contributed by atoms with E-state index in [4.69, 9.17) is 4.74 Å². The SMILES string of the molecule is CCc1ccc(C2CNCCN2S(=O)(=O)CCOC(C)C)cc1.Cl. The first-order chi connectivity index (χ1) is 10.9. The number of sulfonamides is 1. The van der Waals surface area contributed by atoms with E-state index in [0.717, 1.165) is 12.0 Å². The lowest BCUT2D eigenvalue weighted by molar-refractivity contribution is 0.0903. The molecule has 2 rings (SSSR count). The third-order valence-electron chi connectivity index (χ3n) is 4.12. The molecule has 1 saturated heterocycles. The van der Waals surface area contributed by atoms with Crippen LogP contribution < -0.4 is 5.32 Å². The molecule has 1 aliphatic heterocycles. The highest BCUT2D eigenvalue weighted by atomic mass is 35.5. The van der Waals surface area contributed by atoms with Gasteiger partial charge in [-0.3, -0.25) is 0 Å². The lowest BCUT2D eigenvalue weighted by Gasteiger charge is -2.35. The minimum absolute atomic E-state index is 0. The van der Waals surface area contributed by atoms with Crippen LogP contribution in [0.3, 0.4) is 0 Å². The van der Waals surface area contributed by atoms with Crippen molar-refractivity contribution in [3.8, 4) is 0 Å². The number of ether oxygens (including phenoxy) is 1. The zero-order valence-corrected chi connectivity index (χ0v) is 16.3. The van der Waals surface area contributed by atoms with Crippen LogP contribution in [0.25, 0.3) is 0 Å². The lowest BCUT2D eigenvalue weighted by Crippen LogP contribution is -2.49. The van der Waals surface area contributed by atoms with Crippen LogP contribution in [0, 0.1) is 0 Å². The number of hydrogen-bond donors (Lipinski definition) is 1. The Morgan fingerprint density at radius 2 is 1.96 bits per heavy atom. The summed E-state index contributed by atoms with van der Waals surface area (Å²) >= 11 is 0. The number of hydrogen-bond acceptors (Lipinski definition) is 4. The van der Waals surface area contributed by atoms with Gasteiger partial charge in [-0.15, -0.1) is 12.4 Å². The average molecular weight is 377 g/mol. The molecule has 1 heterocycles. The molecule has 0 amide bonds. The van der Waals surface area contributed by atoms with Crippen LogP contribution in [-0.2, 0) is 21.2 Å². The Balaban J connectivity index is 0.00000288. The zero-order chi connectivity index (χ0) is 16.9. The molecule has 1 aliphatic rings. The zero-order valence-electron chi connectivity index (χ0n) is 14.7. The van der Waals surface area contributed by atoms with Crippen LogP contribution in [0.2, 0.25) is 0 Å². The van der Waals surface area contributed by atoms with Crippen LogP contribution in [0.1, 0.15) is 37.9 Å². The molecule has 0 aliphatic carbocycles. The standard InChI is InChI=1S/C17H28N2O3S.ClH/c1-4-15-5-7-16(8-6-15)17-13-18-9-10-19(17)23(20,21)12-11-22-14(2)3;/h5-8,14,17-18H,4,9-13H2,1-3H3;1H. The van der Waals surface area contributed by atoms with Crippen molar-refractivity contribution in [3.63, 3.8) is 0 Å². The van der Waals surface area contributed by atoms with Gasteiger partial charge in [0.25, 0.3) is 0 Å². The minimum Gasteiger partial charge on any atom is -0.378 e. The smallest absolute Gasteiger partial charge is 0.217 e. The molecule has 0 radical (unpaired) electrons. The van der Waals surface area contributed by atoms with Gasteiger partial charge in [0.05, 0.1) is 24.5 Å². The molecular formula is C17H29ClN2O3S. The van der Waals surface area contributed by atoms with E-state index in [-0.39, 0.29) is 36.9 Å². The fraction of sp³-hybridized carbons (Fsp3) is 0.647. The van der Waals surface area contributed by atoms with Crippen LogP contribution >= 0.6 is 12.4 Å². The lowest BCUT2D eigenvalue weighted by atomic mass is 10.0. The Morgan fingerprint density at radius 1 is 1.29 bits per heavy atom. The van der Waals surface area contributed by atoms with E-state index in [1.807, 2.05) is 26.0 Å². The summed E-state index contributed by atoms with van der Waals surface area (Å²) < 4.78 is 32.4. The third-order valence-corrected chi connectivity index (χ3v) is 5.95. The van der Waals surface area contributed by atoms with Gasteiger partial charge in [0, 0.05) is 19.6 Å². The fourth-order valence-electron chi connectivity index (χ4n) is 2.78. The van der Waals surface area contributed by atoms with E-state index < -0.39 is 10.0 Å². The summed E-state index contributed by atoms with van der Waals surface area (Å²) in [5.74, 6) is 0.0364. The molecule has 0 bridgehead atoms. The monoisotopic (exact) mass is 376 g/mol. The van der Waals surface area contributed by atoms with Gasteiger partial charge in [-0.05, 0) is 31.4 Å². The molecule has 7 heteroatoms. The highest BCUT2D eigenvalue weighted by Crippen LogP contribution is 2.26. The van der Waals surface area contributed by atoms with E-state index in [0.29, 0.717) is 19.6 Å². The fourth-order valence-corrected chi connectivity index (χ4v) is 4.28. The van der Waals surface area contributed by atoms with Crippen LogP contribution in [-0.4, -0.2) is 50.8 Å². The van der Waals surface area contributed by atoms with E-state index >= 15 is 0 Å². The number of halogens is 1. The molecule has 1 atom stereocenters. The summed E-state index contributed by atoms with van der Waals surface area (Å²) in [5, 5.41) is 3.30. The van der Waals surface area contributed by atoms with Crippen LogP contribution in [0.15, 0.2) is 24.3 Å². The summed E-state index contributed by atoms with van der Waals surface area (Å²) in [4.78, 5) is 0. The predicted molar refractivity (Wildman–Crippen MR) is 100 cm³/mol. The molecule has 1 aromatic carbocycles. The van der Waals surface area contributed by atoms with E-state index in [9.17, 15) is 8.42 Å². The molecule has 0 aromatic heterocycles. The van der Waals surface area contributed by atoms with Crippen molar-refractivity contribution >= 4 is 22.4 Å². The minimum atomic E-state index is -3.32. The van der Waals surface area contributed by atoms with Gasteiger partial charge >= 0.3 is 0 Å². The molecule has 1 N–H and O–H groups in total. The third kappa shape index (κ3) is 5.70. The van der Waals surface area contributed by atoms with E-state index in [1.165, 1.54) is 5.56 Å². The largest absolute Gasteiger partial charge is 0.378 e. The molecule has 1 aromatic rings. The first-order valence-electron chi connectivity index (χ1n) is 8.34. The number of nitrogens with zero attached hydrogens (tertiary/aromatic N) is 1. The van der Waals surface area contributed by atoms with Gasteiger partial charge in [0.2, 0.25) is 10.0 Å². The molecule has 138 valence electrons. The van der Waals surface area contributed by atoms with Gasteiger partial charge in [0.15, 0.2) is 0 Å². The summed E-state index contributed by atoms with van der Waals surface area (Å²) in [6, 6.07) is 8.11. The molecule has 0 spiro atoms. The molecule has 1 fully saturated rings. The number of nitrogens with one attached hydrogen (secondary N) is 1. The summed E-state index contributed by atoms with van der Waals surface area (Å²) in [6.45, 7) is 8.02. The van der Waals surface area contributed by atoms with Crippen molar-refractivity contribution in [1.82, 2.24) is 9.62 Å². The van der Waals surface area contributed by atoms with Crippen LogP contribution in [0.5, 0.6) is 0 Å². The quantitative estimate of drug-likeness (QED) is 0.793. The van der Waals surface area contributed by atoms with Crippen molar-refractivity contribution in [1.29, 1.82) is 0 Å². The second kappa shape index (κ2) is 9.73. The van der Waals surface area contributed by atoms with Crippen molar-refractivity contribution in [3.05, 3.63) is 35.4 Å². The van der Waals surface area contributed by atoms with E-state index in [1.54, 1.807) is 4.31 Å². The topological polar surface area (TPSA) is 58.6 Å². The van der Waals surface area contributed by atoms with Crippen LogP contribution in [0.4, 0.5) is 0 Å². The molecule has 1 unspecified atom stereocenters.